The maximum atomic E-state index is 13.1. The zero-order chi connectivity index (χ0) is 21.9. The molecule has 32 heavy (non-hydrogen) atoms. The summed E-state index contributed by atoms with van der Waals surface area (Å²) in [5.41, 5.74) is 4.74. The fourth-order valence-corrected chi connectivity index (χ4v) is 3.85. The van der Waals surface area contributed by atoms with E-state index < -0.39 is 0 Å². The quantitative estimate of drug-likeness (QED) is 0.432. The number of imidazole rings is 1. The van der Waals surface area contributed by atoms with Crippen molar-refractivity contribution in [1.29, 1.82) is 0 Å². The zero-order valence-corrected chi connectivity index (χ0v) is 17.6. The number of nitrogens with zero attached hydrogens (tertiary/aromatic N) is 4. The van der Waals surface area contributed by atoms with Gasteiger partial charge in [0.05, 0.1) is 22.8 Å². The minimum absolute atomic E-state index is 0.243. The first-order chi connectivity index (χ1) is 15.7. The lowest BCUT2D eigenvalue weighted by atomic mass is 10.0. The van der Waals surface area contributed by atoms with Gasteiger partial charge in [0.15, 0.2) is 0 Å². The standard InChI is InChI=1S/C25H22N6O/c1-31-23-13-6-5-12-19(23)27-24(31)21(15-17-9-3-2-4-10-17)28-25(32)22-16-20(29-30-22)18-11-7-8-14-26-18/h2-14,16,21H,15H2,1H3,(H,28,32)(H,29,30). The summed E-state index contributed by atoms with van der Waals surface area (Å²) in [6, 6.07) is 25.0. The van der Waals surface area contributed by atoms with Gasteiger partial charge in [0, 0.05) is 13.2 Å². The Morgan fingerprint density at radius 1 is 1.00 bits per heavy atom. The molecule has 158 valence electrons. The highest BCUT2D eigenvalue weighted by atomic mass is 16.2. The summed E-state index contributed by atoms with van der Waals surface area (Å²) >= 11 is 0. The van der Waals surface area contributed by atoms with Gasteiger partial charge in [-0.2, -0.15) is 5.10 Å². The van der Waals surface area contributed by atoms with Crippen molar-refractivity contribution in [3.8, 4) is 11.4 Å². The number of amides is 1. The van der Waals surface area contributed by atoms with Crippen LogP contribution in [0.4, 0.5) is 0 Å². The van der Waals surface area contributed by atoms with E-state index in [2.05, 4.69) is 32.6 Å². The van der Waals surface area contributed by atoms with Gasteiger partial charge in [-0.1, -0.05) is 48.5 Å². The predicted octanol–water partition coefficient (Wildman–Crippen LogP) is 4.07. The highest BCUT2D eigenvalue weighted by molar-refractivity contribution is 5.93. The Hall–Kier alpha value is -4.26. The third-order valence-electron chi connectivity index (χ3n) is 5.47. The molecule has 0 radical (unpaired) electrons. The maximum Gasteiger partial charge on any atom is 0.269 e. The molecule has 0 fully saturated rings. The maximum absolute atomic E-state index is 13.1. The Kier molecular flexibility index (Phi) is 5.21. The van der Waals surface area contributed by atoms with E-state index in [-0.39, 0.29) is 11.9 Å². The molecule has 3 heterocycles. The molecule has 2 N–H and O–H groups in total. The Bertz CT molecular complexity index is 1360. The Balaban J connectivity index is 1.46. The topological polar surface area (TPSA) is 88.5 Å². The highest BCUT2D eigenvalue weighted by Gasteiger charge is 2.23. The Morgan fingerprint density at radius 2 is 1.78 bits per heavy atom. The molecule has 0 aliphatic carbocycles. The molecule has 5 aromatic rings. The summed E-state index contributed by atoms with van der Waals surface area (Å²) < 4.78 is 2.04. The van der Waals surface area contributed by atoms with E-state index in [1.54, 1.807) is 12.3 Å². The molecule has 1 atom stereocenters. The number of H-pyrrole nitrogens is 1. The molecular formula is C25H22N6O. The summed E-state index contributed by atoms with van der Waals surface area (Å²) in [5.74, 6) is 0.556. The van der Waals surface area contributed by atoms with E-state index in [4.69, 9.17) is 4.98 Å². The number of aryl methyl sites for hydroxylation is 1. The highest BCUT2D eigenvalue weighted by Crippen LogP contribution is 2.23. The summed E-state index contributed by atoms with van der Waals surface area (Å²) in [5, 5.41) is 10.2. The minimum atomic E-state index is -0.316. The number of para-hydroxylation sites is 2. The van der Waals surface area contributed by atoms with Crippen LogP contribution in [0.15, 0.2) is 85.1 Å². The summed E-state index contributed by atoms with van der Waals surface area (Å²) in [4.78, 5) is 22.3. The number of hydrogen-bond donors (Lipinski definition) is 2. The molecule has 5 rings (SSSR count). The summed E-state index contributed by atoms with van der Waals surface area (Å²) in [6.07, 6.45) is 2.32. The number of rotatable bonds is 6. The van der Waals surface area contributed by atoms with Crippen molar-refractivity contribution in [3.05, 3.63) is 102 Å². The van der Waals surface area contributed by atoms with Crippen molar-refractivity contribution >= 4 is 16.9 Å². The number of aromatic nitrogens is 5. The first-order valence-electron chi connectivity index (χ1n) is 10.4. The van der Waals surface area contributed by atoms with Gasteiger partial charge in [-0.3, -0.25) is 14.9 Å². The molecule has 0 saturated heterocycles. The van der Waals surface area contributed by atoms with Crippen molar-refractivity contribution in [2.45, 2.75) is 12.5 Å². The second-order valence-corrected chi connectivity index (χ2v) is 7.62. The molecular weight excluding hydrogens is 400 g/mol. The first-order valence-corrected chi connectivity index (χ1v) is 10.4. The van der Waals surface area contributed by atoms with Crippen LogP contribution in [-0.4, -0.2) is 30.6 Å². The molecule has 7 heteroatoms. The second-order valence-electron chi connectivity index (χ2n) is 7.62. The van der Waals surface area contributed by atoms with E-state index in [0.29, 0.717) is 23.5 Å². The monoisotopic (exact) mass is 422 g/mol. The molecule has 1 amide bonds. The fraction of sp³-hybridized carbons (Fsp3) is 0.120. The lowest BCUT2D eigenvalue weighted by Gasteiger charge is -2.18. The Morgan fingerprint density at radius 3 is 2.56 bits per heavy atom. The Labute approximate surface area is 185 Å². The number of hydrogen-bond acceptors (Lipinski definition) is 4. The zero-order valence-electron chi connectivity index (χ0n) is 17.6. The van der Waals surface area contributed by atoms with Crippen molar-refractivity contribution in [3.63, 3.8) is 0 Å². The average Bonchev–Trinajstić information content (AvgIpc) is 3.46. The molecule has 2 aromatic carbocycles. The first kappa shape index (κ1) is 19.7. The van der Waals surface area contributed by atoms with Gasteiger partial charge in [0.25, 0.3) is 5.91 Å². The number of benzene rings is 2. The van der Waals surface area contributed by atoms with Crippen LogP contribution in [0.25, 0.3) is 22.4 Å². The summed E-state index contributed by atoms with van der Waals surface area (Å²) in [6.45, 7) is 0. The van der Waals surface area contributed by atoms with Gasteiger partial charge < -0.3 is 9.88 Å². The van der Waals surface area contributed by atoms with E-state index in [9.17, 15) is 4.79 Å². The van der Waals surface area contributed by atoms with Gasteiger partial charge in [-0.25, -0.2) is 4.98 Å². The van der Waals surface area contributed by atoms with E-state index in [1.165, 1.54) is 0 Å². The molecule has 7 nitrogen and oxygen atoms in total. The molecule has 0 saturated carbocycles. The second kappa shape index (κ2) is 8.47. The van der Waals surface area contributed by atoms with E-state index in [1.807, 2.05) is 72.3 Å². The molecule has 1 unspecified atom stereocenters. The third kappa shape index (κ3) is 3.88. The number of aromatic amines is 1. The number of pyridine rings is 1. The lowest BCUT2D eigenvalue weighted by molar-refractivity contribution is 0.0929. The van der Waals surface area contributed by atoms with Crippen LogP contribution >= 0.6 is 0 Å². The van der Waals surface area contributed by atoms with E-state index >= 15 is 0 Å². The van der Waals surface area contributed by atoms with Crippen molar-refractivity contribution in [1.82, 2.24) is 30.0 Å². The smallest absolute Gasteiger partial charge is 0.269 e. The largest absolute Gasteiger partial charge is 0.340 e. The fourth-order valence-electron chi connectivity index (χ4n) is 3.85. The van der Waals surface area contributed by atoms with Crippen LogP contribution in [0.3, 0.4) is 0 Å². The van der Waals surface area contributed by atoms with Crippen LogP contribution in [0.1, 0.15) is 27.9 Å². The van der Waals surface area contributed by atoms with Crippen LogP contribution in [0, 0.1) is 0 Å². The number of nitrogens with one attached hydrogen (secondary N) is 2. The van der Waals surface area contributed by atoms with Crippen LogP contribution in [0.5, 0.6) is 0 Å². The predicted molar refractivity (Wildman–Crippen MR) is 123 cm³/mol. The summed E-state index contributed by atoms with van der Waals surface area (Å²) in [7, 11) is 1.98. The number of fused-ring (bicyclic) bond motifs is 1. The number of carbonyl (C=O) groups excluding carboxylic acids is 1. The SMILES string of the molecule is Cn1c(C(Cc2ccccc2)NC(=O)c2cc(-c3ccccn3)n[nH]2)nc2ccccc21. The van der Waals surface area contributed by atoms with Crippen molar-refractivity contribution < 1.29 is 4.79 Å². The van der Waals surface area contributed by atoms with Gasteiger partial charge in [0.1, 0.15) is 17.2 Å². The van der Waals surface area contributed by atoms with Crippen LogP contribution < -0.4 is 5.32 Å². The van der Waals surface area contributed by atoms with Gasteiger partial charge in [0.2, 0.25) is 0 Å². The number of carbonyl (C=O) groups is 1. The van der Waals surface area contributed by atoms with E-state index in [0.717, 1.165) is 22.4 Å². The molecule has 0 aliphatic rings. The van der Waals surface area contributed by atoms with Crippen molar-refractivity contribution in [2.24, 2.45) is 7.05 Å². The normalized spacial score (nSPS) is 12.0. The molecule has 0 aliphatic heterocycles. The van der Waals surface area contributed by atoms with Gasteiger partial charge >= 0.3 is 0 Å². The van der Waals surface area contributed by atoms with Crippen LogP contribution in [0.2, 0.25) is 0 Å². The van der Waals surface area contributed by atoms with Crippen molar-refractivity contribution in [2.75, 3.05) is 0 Å². The van der Waals surface area contributed by atoms with Gasteiger partial charge in [-0.05, 0) is 42.3 Å². The molecule has 0 spiro atoms. The molecule has 0 bridgehead atoms. The van der Waals surface area contributed by atoms with Gasteiger partial charge in [-0.15, -0.1) is 0 Å². The van der Waals surface area contributed by atoms with Crippen LogP contribution in [-0.2, 0) is 13.5 Å². The molecule has 3 aromatic heterocycles. The average molecular weight is 422 g/mol. The third-order valence-corrected chi connectivity index (χ3v) is 5.47. The lowest BCUT2D eigenvalue weighted by Crippen LogP contribution is -2.32. The minimum Gasteiger partial charge on any atom is -0.340 e.